The quantitative estimate of drug-likeness (QED) is 0.591. The van der Waals surface area contributed by atoms with Crippen molar-refractivity contribution in [2.75, 3.05) is 6.61 Å². The van der Waals surface area contributed by atoms with Gasteiger partial charge in [-0.25, -0.2) is 4.98 Å². The fourth-order valence-electron chi connectivity index (χ4n) is 2.33. The van der Waals surface area contributed by atoms with Gasteiger partial charge in [-0.05, 0) is 25.7 Å². The first kappa shape index (κ1) is 14.3. The molecular formula is C13H18N2O3S. The molecule has 1 aromatic rings. The van der Waals surface area contributed by atoms with E-state index < -0.39 is 5.91 Å². The molecule has 0 bridgehead atoms. The Kier molecular flexibility index (Phi) is 5.15. The zero-order chi connectivity index (χ0) is 13.7. The number of ether oxygens (including phenoxy) is 1. The van der Waals surface area contributed by atoms with Crippen LogP contribution >= 0.6 is 11.3 Å². The Bertz CT molecular complexity index is 447. The highest BCUT2D eigenvalue weighted by Crippen LogP contribution is 2.37. The van der Waals surface area contributed by atoms with Gasteiger partial charge in [-0.2, -0.15) is 0 Å². The standard InChI is InChI=1S/C13H18N2O3S/c1-2-3-6-18-10-5-4-9(7-10)13-14-11(8-19-13)12(16)15-17/h8-10H,2-7H2,1H3/t9-,10+/m0/s1. The van der Waals surface area contributed by atoms with Crippen LogP contribution in [0.2, 0.25) is 0 Å². The summed E-state index contributed by atoms with van der Waals surface area (Å²) in [5, 5.41) is 4.93. The first-order chi connectivity index (χ1) is 9.24. The minimum atomic E-state index is -0.781. The van der Waals surface area contributed by atoms with Crippen LogP contribution < -0.4 is 0 Å². The number of unbranched alkanes of at least 4 members (excludes halogenated alkanes) is 1. The number of carbonyl (C=O) groups is 1. The molecule has 0 radical (unpaired) electrons. The van der Waals surface area contributed by atoms with E-state index in [1.165, 1.54) is 11.3 Å². The Morgan fingerprint density at radius 1 is 1.58 bits per heavy atom. The molecule has 1 fully saturated rings. The summed E-state index contributed by atoms with van der Waals surface area (Å²) in [6.07, 6.45) is 5.59. The zero-order valence-corrected chi connectivity index (χ0v) is 11.8. The van der Waals surface area contributed by atoms with Crippen molar-refractivity contribution in [1.29, 1.82) is 0 Å². The van der Waals surface area contributed by atoms with Gasteiger partial charge in [0.2, 0.25) is 0 Å². The monoisotopic (exact) mass is 282 g/mol. The number of carbonyl (C=O) groups excluding carboxylic acids is 1. The van der Waals surface area contributed by atoms with Gasteiger partial charge < -0.3 is 4.74 Å². The first-order valence-electron chi connectivity index (χ1n) is 6.69. The lowest BCUT2D eigenvalue weighted by Crippen LogP contribution is -2.09. The number of nitroso groups, excluding NO2 is 1. The van der Waals surface area contributed by atoms with Crippen LogP contribution in [-0.4, -0.2) is 23.6 Å². The Labute approximate surface area is 116 Å². The summed E-state index contributed by atoms with van der Waals surface area (Å²) in [7, 11) is 0. The topological polar surface area (TPSA) is 68.6 Å². The van der Waals surface area contributed by atoms with E-state index >= 15 is 0 Å². The lowest BCUT2D eigenvalue weighted by Gasteiger charge is -2.11. The molecule has 1 saturated carbocycles. The Hall–Kier alpha value is -1.14. The highest BCUT2D eigenvalue weighted by Gasteiger charge is 2.29. The summed E-state index contributed by atoms with van der Waals surface area (Å²) in [5.74, 6) is -0.430. The van der Waals surface area contributed by atoms with Crippen LogP contribution in [0.4, 0.5) is 0 Å². The third-order valence-corrected chi connectivity index (χ3v) is 4.42. The number of hydrogen-bond donors (Lipinski definition) is 0. The third-order valence-electron chi connectivity index (χ3n) is 3.41. The molecule has 1 aliphatic carbocycles. The Morgan fingerprint density at radius 2 is 2.42 bits per heavy atom. The van der Waals surface area contributed by atoms with E-state index in [2.05, 4.69) is 17.1 Å². The summed E-state index contributed by atoms with van der Waals surface area (Å²) in [6.45, 7) is 2.97. The van der Waals surface area contributed by atoms with Crippen molar-refractivity contribution in [2.45, 2.75) is 51.0 Å². The summed E-state index contributed by atoms with van der Waals surface area (Å²) in [4.78, 5) is 25.5. The summed E-state index contributed by atoms with van der Waals surface area (Å²) < 4.78 is 5.81. The molecule has 0 spiro atoms. The fraction of sp³-hybridized carbons (Fsp3) is 0.692. The lowest BCUT2D eigenvalue weighted by atomic mass is 10.1. The van der Waals surface area contributed by atoms with E-state index in [4.69, 9.17) is 4.74 Å². The minimum absolute atomic E-state index is 0.172. The number of rotatable bonds is 6. The molecule has 1 aromatic heterocycles. The summed E-state index contributed by atoms with van der Waals surface area (Å²) >= 11 is 1.43. The molecule has 104 valence electrons. The van der Waals surface area contributed by atoms with E-state index in [1.807, 2.05) is 0 Å². The Morgan fingerprint density at radius 3 is 3.16 bits per heavy atom. The highest BCUT2D eigenvalue weighted by molar-refractivity contribution is 7.09. The smallest absolute Gasteiger partial charge is 0.335 e. The van der Waals surface area contributed by atoms with Crippen molar-refractivity contribution >= 4 is 17.2 Å². The molecule has 2 atom stereocenters. The van der Waals surface area contributed by atoms with Gasteiger partial charge in [0.1, 0.15) is 5.69 Å². The lowest BCUT2D eigenvalue weighted by molar-refractivity contribution is 0.0555. The molecule has 1 aliphatic rings. The first-order valence-corrected chi connectivity index (χ1v) is 7.57. The molecule has 0 unspecified atom stereocenters. The van der Waals surface area contributed by atoms with Crippen LogP contribution in [-0.2, 0) is 4.74 Å². The van der Waals surface area contributed by atoms with E-state index in [9.17, 15) is 9.70 Å². The number of hydrogen-bond acceptors (Lipinski definition) is 5. The molecule has 6 heteroatoms. The molecule has 0 aliphatic heterocycles. The molecule has 2 rings (SSSR count). The molecule has 0 N–H and O–H groups in total. The van der Waals surface area contributed by atoms with Crippen molar-refractivity contribution in [1.82, 2.24) is 4.98 Å². The summed E-state index contributed by atoms with van der Waals surface area (Å²) in [6, 6.07) is 0. The average molecular weight is 282 g/mol. The average Bonchev–Trinajstić information content (AvgIpc) is 3.06. The van der Waals surface area contributed by atoms with Gasteiger partial charge in [-0.15, -0.1) is 16.2 Å². The van der Waals surface area contributed by atoms with Crippen LogP contribution in [0.3, 0.4) is 0 Å². The second-order valence-corrected chi connectivity index (χ2v) is 5.71. The van der Waals surface area contributed by atoms with Gasteiger partial charge in [0.25, 0.3) is 0 Å². The highest BCUT2D eigenvalue weighted by atomic mass is 32.1. The Balaban J connectivity index is 1.88. The molecular weight excluding hydrogens is 264 g/mol. The fourth-order valence-corrected chi connectivity index (χ4v) is 3.27. The van der Waals surface area contributed by atoms with Crippen LogP contribution in [0.1, 0.15) is 60.4 Å². The maximum Gasteiger partial charge on any atom is 0.335 e. The number of nitrogens with zero attached hydrogens (tertiary/aromatic N) is 2. The van der Waals surface area contributed by atoms with Gasteiger partial charge in [0.15, 0.2) is 0 Å². The predicted octanol–water partition coefficient (Wildman–Crippen LogP) is 3.50. The maximum atomic E-state index is 11.1. The van der Waals surface area contributed by atoms with Crippen molar-refractivity contribution in [2.24, 2.45) is 5.18 Å². The van der Waals surface area contributed by atoms with Gasteiger partial charge in [-0.3, -0.25) is 4.79 Å². The van der Waals surface area contributed by atoms with E-state index in [0.29, 0.717) is 12.0 Å². The second kappa shape index (κ2) is 6.86. The van der Waals surface area contributed by atoms with E-state index in [-0.39, 0.29) is 5.69 Å². The van der Waals surface area contributed by atoms with E-state index in [0.717, 1.165) is 43.7 Å². The van der Waals surface area contributed by atoms with Crippen LogP contribution in [0, 0.1) is 4.91 Å². The summed E-state index contributed by atoms with van der Waals surface area (Å²) in [5.41, 5.74) is 0.172. The number of amides is 1. The van der Waals surface area contributed by atoms with Gasteiger partial charge in [0, 0.05) is 23.1 Å². The van der Waals surface area contributed by atoms with Crippen molar-refractivity contribution in [3.8, 4) is 0 Å². The van der Waals surface area contributed by atoms with Gasteiger partial charge in [-0.1, -0.05) is 13.3 Å². The third kappa shape index (κ3) is 3.67. The second-order valence-electron chi connectivity index (χ2n) is 4.82. The minimum Gasteiger partial charge on any atom is -0.378 e. The maximum absolute atomic E-state index is 11.1. The predicted molar refractivity (Wildman–Crippen MR) is 73.5 cm³/mol. The van der Waals surface area contributed by atoms with Crippen molar-refractivity contribution in [3.63, 3.8) is 0 Å². The molecule has 0 aromatic carbocycles. The van der Waals surface area contributed by atoms with Gasteiger partial charge >= 0.3 is 5.91 Å². The van der Waals surface area contributed by atoms with Crippen molar-refractivity contribution < 1.29 is 9.53 Å². The van der Waals surface area contributed by atoms with Crippen LogP contribution in [0.25, 0.3) is 0 Å². The number of aromatic nitrogens is 1. The molecule has 5 nitrogen and oxygen atoms in total. The molecule has 0 saturated heterocycles. The van der Waals surface area contributed by atoms with Gasteiger partial charge in [0.05, 0.1) is 11.1 Å². The van der Waals surface area contributed by atoms with E-state index in [1.54, 1.807) is 5.38 Å². The van der Waals surface area contributed by atoms with Crippen LogP contribution in [0.15, 0.2) is 10.6 Å². The molecule has 19 heavy (non-hydrogen) atoms. The zero-order valence-electron chi connectivity index (χ0n) is 11.0. The molecule has 1 amide bonds. The van der Waals surface area contributed by atoms with Crippen LogP contribution in [0.5, 0.6) is 0 Å². The normalized spacial score (nSPS) is 22.6. The van der Waals surface area contributed by atoms with Crippen molar-refractivity contribution in [3.05, 3.63) is 21.0 Å². The largest absolute Gasteiger partial charge is 0.378 e. The molecule has 1 heterocycles. The number of thiazole rings is 1. The SMILES string of the molecule is CCCCO[C@@H]1CC[C@H](c2nc(C(=O)N=O)cs2)C1.